The third-order valence-electron chi connectivity index (χ3n) is 3.90. The van der Waals surface area contributed by atoms with Crippen molar-refractivity contribution in [3.8, 4) is 0 Å². The van der Waals surface area contributed by atoms with Crippen LogP contribution in [0.5, 0.6) is 0 Å². The second-order valence-electron chi connectivity index (χ2n) is 5.37. The van der Waals surface area contributed by atoms with Gasteiger partial charge in [0.05, 0.1) is 12.7 Å². The lowest BCUT2D eigenvalue weighted by Gasteiger charge is -2.28. The van der Waals surface area contributed by atoms with E-state index in [1.54, 1.807) is 12.1 Å². The molecule has 24 heavy (non-hydrogen) atoms. The Labute approximate surface area is 139 Å². The SMILES string of the molecule is COC(=O)c1ccc(C(=O)NN2CCc3ccccc3C2=O)cc1. The highest BCUT2D eigenvalue weighted by Crippen LogP contribution is 2.17. The molecule has 0 atom stereocenters. The number of carbonyl (C=O) groups excluding carboxylic acids is 3. The monoisotopic (exact) mass is 324 g/mol. The van der Waals surface area contributed by atoms with Crippen LogP contribution < -0.4 is 5.43 Å². The Morgan fingerprint density at radius 1 is 1.04 bits per heavy atom. The van der Waals surface area contributed by atoms with Crippen LogP contribution in [0.3, 0.4) is 0 Å². The van der Waals surface area contributed by atoms with Crippen LogP contribution in [0.2, 0.25) is 0 Å². The molecule has 0 unspecified atom stereocenters. The molecule has 0 bridgehead atoms. The second kappa shape index (κ2) is 6.54. The van der Waals surface area contributed by atoms with Crippen molar-refractivity contribution in [2.24, 2.45) is 0 Å². The molecule has 6 nitrogen and oxygen atoms in total. The smallest absolute Gasteiger partial charge is 0.337 e. The number of methoxy groups -OCH3 is 1. The van der Waals surface area contributed by atoms with Gasteiger partial charge in [-0.1, -0.05) is 18.2 Å². The van der Waals surface area contributed by atoms with Gasteiger partial charge in [-0.25, -0.2) is 9.80 Å². The Kier molecular flexibility index (Phi) is 4.29. The van der Waals surface area contributed by atoms with Gasteiger partial charge in [0, 0.05) is 17.7 Å². The highest BCUT2D eigenvalue weighted by Gasteiger charge is 2.25. The minimum absolute atomic E-state index is 0.226. The maximum absolute atomic E-state index is 12.4. The molecule has 2 aromatic carbocycles. The summed E-state index contributed by atoms with van der Waals surface area (Å²) in [5.74, 6) is -1.10. The molecular weight excluding hydrogens is 308 g/mol. The van der Waals surface area contributed by atoms with Gasteiger partial charge in [0.15, 0.2) is 0 Å². The van der Waals surface area contributed by atoms with Crippen molar-refractivity contribution in [3.63, 3.8) is 0 Å². The van der Waals surface area contributed by atoms with Gasteiger partial charge in [-0.3, -0.25) is 15.0 Å². The lowest BCUT2D eigenvalue weighted by Crippen LogP contribution is -2.49. The number of fused-ring (bicyclic) bond motifs is 1. The van der Waals surface area contributed by atoms with E-state index < -0.39 is 11.9 Å². The fourth-order valence-electron chi connectivity index (χ4n) is 2.60. The number of nitrogens with one attached hydrogen (secondary N) is 1. The van der Waals surface area contributed by atoms with E-state index in [0.717, 1.165) is 5.56 Å². The Morgan fingerprint density at radius 2 is 1.71 bits per heavy atom. The van der Waals surface area contributed by atoms with Crippen LogP contribution in [0.1, 0.15) is 36.6 Å². The van der Waals surface area contributed by atoms with Crippen LogP contribution in [0.15, 0.2) is 48.5 Å². The summed E-state index contributed by atoms with van der Waals surface area (Å²) in [6.45, 7) is 0.418. The van der Waals surface area contributed by atoms with E-state index >= 15 is 0 Å². The first kappa shape index (κ1) is 15.7. The van der Waals surface area contributed by atoms with E-state index in [9.17, 15) is 14.4 Å². The van der Waals surface area contributed by atoms with Crippen LogP contribution in [0.4, 0.5) is 0 Å². The molecule has 0 radical (unpaired) electrons. The molecule has 0 aromatic heterocycles. The zero-order valence-electron chi connectivity index (χ0n) is 13.1. The number of nitrogens with zero attached hydrogens (tertiary/aromatic N) is 1. The lowest BCUT2D eigenvalue weighted by molar-refractivity contribution is 0.0568. The summed E-state index contributed by atoms with van der Waals surface area (Å²) >= 11 is 0. The molecule has 1 heterocycles. The number of ether oxygens (including phenoxy) is 1. The van der Waals surface area contributed by atoms with Gasteiger partial charge < -0.3 is 4.74 Å². The average molecular weight is 324 g/mol. The largest absolute Gasteiger partial charge is 0.465 e. The summed E-state index contributed by atoms with van der Waals surface area (Å²) in [7, 11) is 1.29. The van der Waals surface area contributed by atoms with Crippen molar-refractivity contribution in [1.82, 2.24) is 10.4 Å². The number of hydrogen-bond donors (Lipinski definition) is 1. The molecule has 1 N–H and O–H groups in total. The molecule has 2 aromatic rings. The first-order chi connectivity index (χ1) is 11.6. The van der Waals surface area contributed by atoms with Crippen LogP contribution in [-0.4, -0.2) is 36.4 Å². The van der Waals surface area contributed by atoms with Crippen molar-refractivity contribution in [1.29, 1.82) is 0 Å². The quantitative estimate of drug-likeness (QED) is 0.874. The van der Waals surface area contributed by atoms with Crippen molar-refractivity contribution in [2.45, 2.75) is 6.42 Å². The standard InChI is InChI=1S/C18H16N2O4/c1-24-18(23)14-8-6-13(7-9-14)16(21)19-20-11-10-12-4-2-3-5-15(12)17(20)22/h2-9H,10-11H2,1H3,(H,19,21). The predicted molar refractivity (Wildman–Crippen MR) is 86.4 cm³/mol. The third kappa shape index (κ3) is 2.99. The van der Waals surface area contributed by atoms with Crippen molar-refractivity contribution in [3.05, 3.63) is 70.8 Å². The minimum atomic E-state index is -0.468. The number of amides is 2. The normalized spacial score (nSPS) is 13.2. The first-order valence-electron chi connectivity index (χ1n) is 7.49. The summed E-state index contributed by atoms with van der Waals surface area (Å²) in [6, 6.07) is 13.4. The lowest BCUT2D eigenvalue weighted by atomic mass is 10.0. The van der Waals surface area contributed by atoms with Crippen molar-refractivity contribution < 1.29 is 19.1 Å². The molecule has 122 valence electrons. The van der Waals surface area contributed by atoms with Crippen LogP contribution in [-0.2, 0) is 11.2 Å². The topological polar surface area (TPSA) is 75.7 Å². The van der Waals surface area contributed by atoms with Crippen LogP contribution in [0.25, 0.3) is 0 Å². The van der Waals surface area contributed by atoms with Gasteiger partial charge in [-0.2, -0.15) is 0 Å². The number of hydrogen-bond acceptors (Lipinski definition) is 4. The van der Waals surface area contributed by atoms with Gasteiger partial charge in [-0.15, -0.1) is 0 Å². The van der Waals surface area contributed by atoms with E-state index in [1.165, 1.54) is 36.4 Å². The predicted octanol–water partition coefficient (Wildman–Crippen LogP) is 1.82. The van der Waals surface area contributed by atoms with E-state index in [0.29, 0.717) is 29.7 Å². The van der Waals surface area contributed by atoms with E-state index in [4.69, 9.17) is 0 Å². The maximum Gasteiger partial charge on any atom is 0.337 e. The molecule has 2 amide bonds. The van der Waals surface area contributed by atoms with Gasteiger partial charge >= 0.3 is 5.97 Å². The van der Waals surface area contributed by atoms with E-state index in [2.05, 4.69) is 10.2 Å². The summed E-state index contributed by atoms with van der Waals surface area (Å²) in [4.78, 5) is 36.1. The average Bonchev–Trinajstić information content (AvgIpc) is 2.63. The third-order valence-corrected chi connectivity index (χ3v) is 3.90. The zero-order chi connectivity index (χ0) is 17.1. The molecule has 1 aliphatic rings. The number of benzene rings is 2. The van der Waals surface area contributed by atoms with Gasteiger partial charge in [0.1, 0.15) is 0 Å². The highest BCUT2D eigenvalue weighted by atomic mass is 16.5. The second-order valence-corrected chi connectivity index (χ2v) is 5.37. The molecule has 0 saturated carbocycles. The first-order valence-corrected chi connectivity index (χ1v) is 7.49. The molecule has 0 saturated heterocycles. The number of esters is 1. The summed E-state index contributed by atoms with van der Waals surface area (Å²) in [5.41, 5.74) is 4.92. The van der Waals surface area contributed by atoms with Gasteiger partial charge in [-0.05, 0) is 42.3 Å². The summed E-state index contributed by atoms with van der Waals surface area (Å²) in [5, 5.41) is 1.32. The van der Waals surface area contributed by atoms with Gasteiger partial charge in [0.2, 0.25) is 0 Å². The number of hydrazine groups is 1. The Hall–Kier alpha value is -3.15. The molecule has 0 aliphatic carbocycles. The molecule has 1 aliphatic heterocycles. The zero-order valence-corrected chi connectivity index (χ0v) is 13.1. The molecule has 3 rings (SSSR count). The molecule has 6 heteroatoms. The van der Waals surface area contributed by atoms with Crippen LogP contribution >= 0.6 is 0 Å². The van der Waals surface area contributed by atoms with Crippen molar-refractivity contribution in [2.75, 3.05) is 13.7 Å². The number of carbonyl (C=O) groups is 3. The summed E-state index contributed by atoms with van der Waals surface area (Å²) < 4.78 is 4.61. The van der Waals surface area contributed by atoms with E-state index in [-0.39, 0.29) is 5.91 Å². The Morgan fingerprint density at radius 3 is 2.42 bits per heavy atom. The fourth-order valence-corrected chi connectivity index (χ4v) is 2.60. The Bertz CT molecular complexity index is 799. The minimum Gasteiger partial charge on any atom is -0.465 e. The van der Waals surface area contributed by atoms with Crippen molar-refractivity contribution >= 4 is 17.8 Å². The molecular formula is C18H16N2O4. The molecule has 0 spiro atoms. The molecule has 0 fully saturated rings. The fraction of sp³-hybridized carbons (Fsp3) is 0.167. The van der Waals surface area contributed by atoms with Gasteiger partial charge in [0.25, 0.3) is 11.8 Å². The van der Waals surface area contributed by atoms with Crippen LogP contribution in [0, 0.1) is 0 Å². The highest BCUT2D eigenvalue weighted by molar-refractivity contribution is 6.01. The maximum atomic E-state index is 12.4. The summed E-state index contributed by atoms with van der Waals surface area (Å²) in [6.07, 6.45) is 0.684. The Balaban J connectivity index is 1.71. The number of rotatable bonds is 3. The van der Waals surface area contributed by atoms with E-state index in [1.807, 2.05) is 12.1 Å².